The smallest absolute Gasteiger partial charge is 0.226 e. The minimum Gasteiger partial charge on any atom is -0.385 e. The first kappa shape index (κ1) is 16.2. The molecule has 5 nitrogen and oxygen atoms in total. The summed E-state index contributed by atoms with van der Waals surface area (Å²) >= 11 is 0. The molecule has 23 heavy (non-hydrogen) atoms. The number of hydrogen-bond acceptors (Lipinski definition) is 4. The van der Waals surface area contributed by atoms with Gasteiger partial charge in [-0.2, -0.15) is 5.26 Å². The highest BCUT2D eigenvalue weighted by Crippen LogP contribution is 2.11. The molecule has 0 spiro atoms. The Kier molecular flexibility index (Phi) is 5.48. The van der Waals surface area contributed by atoms with Crippen LogP contribution in [-0.2, 0) is 4.79 Å². The lowest BCUT2D eigenvalue weighted by molar-refractivity contribution is -0.115. The first-order valence-corrected chi connectivity index (χ1v) is 7.23. The quantitative estimate of drug-likeness (QED) is 0.803. The number of nitrogens with one attached hydrogen (secondary N) is 2. The maximum Gasteiger partial charge on any atom is 0.226 e. The zero-order chi connectivity index (χ0) is 16.7. The second-order valence-electron chi connectivity index (χ2n) is 5.05. The van der Waals surface area contributed by atoms with Gasteiger partial charge in [0.2, 0.25) is 5.91 Å². The summed E-state index contributed by atoms with van der Waals surface area (Å²) in [6.45, 7) is 1.99. The van der Waals surface area contributed by atoms with Crippen LogP contribution in [0.5, 0.6) is 0 Å². The number of ketones is 1. The van der Waals surface area contributed by atoms with E-state index in [0.29, 0.717) is 29.8 Å². The fraction of sp³-hybridized carbons (Fsp3) is 0.167. The van der Waals surface area contributed by atoms with Gasteiger partial charge in [0.15, 0.2) is 5.78 Å². The number of Topliss-reactive ketones (excluding diaryl/α,β-unsaturated/α-hetero) is 1. The molecule has 116 valence electrons. The van der Waals surface area contributed by atoms with E-state index in [0.717, 1.165) is 5.69 Å². The molecule has 0 atom stereocenters. The molecule has 0 saturated heterocycles. The van der Waals surface area contributed by atoms with Crippen molar-refractivity contribution in [2.75, 3.05) is 17.2 Å². The predicted molar refractivity (Wildman–Crippen MR) is 89.3 cm³/mol. The summed E-state index contributed by atoms with van der Waals surface area (Å²) < 4.78 is 0. The summed E-state index contributed by atoms with van der Waals surface area (Å²) in [6.07, 6.45) is 0.314. The van der Waals surface area contributed by atoms with Crippen molar-refractivity contribution >= 4 is 23.1 Å². The molecule has 0 aromatic heterocycles. The topological polar surface area (TPSA) is 82.0 Å². The van der Waals surface area contributed by atoms with Gasteiger partial charge in [0.1, 0.15) is 0 Å². The van der Waals surface area contributed by atoms with E-state index in [1.165, 1.54) is 6.92 Å². The van der Waals surface area contributed by atoms with Crippen LogP contribution in [0, 0.1) is 11.3 Å². The van der Waals surface area contributed by atoms with Crippen LogP contribution in [0.1, 0.15) is 29.3 Å². The van der Waals surface area contributed by atoms with E-state index in [9.17, 15) is 9.59 Å². The zero-order valence-electron chi connectivity index (χ0n) is 12.8. The van der Waals surface area contributed by atoms with Gasteiger partial charge in [-0.15, -0.1) is 0 Å². The predicted octanol–water partition coefficient (Wildman–Crippen LogP) is 3.20. The van der Waals surface area contributed by atoms with Gasteiger partial charge < -0.3 is 10.6 Å². The number of nitrogens with zero attached hydrogens (tertiary/aromatic N) is 1. The Morgan fingerprint density at radius 1 is 1.00 bits per heavy atom. The normalized spacial score (nSPS) is 9.74. The van der Waals surface area contributed by atoms with E-state index in [4.69, 9.17) is 5.26 Å². The SMILES string of the molecule is CC(=O)c1ccc(NC(=O)CCNc2ccc(C#N)cc2)cc1. The molecule has 1 amide bonds. The third-order valence-corrected chi connectivity index (χ3v) is 3.27. The molecule has 0 aliphatic carbocycles. The highest BCUT2D eigenvalue weighted by Gasteiger charge is 2.04. The van der Waals surface area contributed by atoms with Crippen molar-refractivity contribution in [3.8, 4) is 6.07 Å². The standard InChI is InChI=1S/C18H17N3O2/c1-13(22)15-4-8-17(9-5-15)21-18(23)10-11-20-16-6-2-14(12-19)3-7-16/h2-9,20H,10-11H2,1H3,(H,21,23). The van der Waals surface area contributed by atoms with Crippen molar-refractivity contribution < 1.29 is 9.59 Å². The van der Waals surface area contributed by atoms with Gasteiger partial charge in [0.05, 0.1) is 11.6 Å². The molecule has 0 saturated carbocycles. The summed E-state index contributed by atoms with van der Waals surface area (Å²) in [5.41, 5.74) is 2.74. The van der Waals surface area contributed by atoms with Crippen LogP contribution in [0.4, 0.5) is 11.4 Å². The molecule has 0 radical (unpaired) electrons. The molecule has 0 heterocycles. The third kappa shape index (κ3) is 4.97. The second-order valence-corrected chi connectivity index (χ2v) is 5.05. The molecule has 2 aromatic rings. The number of amides is 1. The number of carbonyl (C=O) groups excluding carboxylic acids is 2. The van der Waals surface area contributed by atoms with E-state index in [2.05, 4.69) is 16.7 Å². The number of anilines is 2. The van der Waals surface area contributed by atoms with Gasteiger partial charge in [-0.3, -0.25) is 9.59 Å². The Morgan fingerprint density at radius 3 is 2.17 bits per heavy atom. The fourth-order valence-corrected chi connectivity index (χ4v) is 1.99. The number of nitriles is 1. The van der Waals surface area contributed by atoms with Gasteiger partial charge >= 0.3 is 0 Å². The van der Waals surface area contributed by atoms with Gasteiger partial charge in [0.25, 0.3) is 0 Å². The third-order valence-electron chi connectivity index (χ3n) is 3.27. The monoisotopic (exact) mass is 307 g/mol. The van der Waals surface area contributed by atoms with Crippen molar-refractivity contribution in [1.82, 2.24) is 0 Å². The summed E-state index contributed by atoms with van der Waals surface area (Å²) in [4.78, 5) is 23.0. The maximum atomic E-state index is 11.9. The lowest BCUT2D eigenvalue weighted by atomic mass is 10.1. The summed E-state index contributed by atoms with van der Waals surface area (Å²) in [6, 6.07) is 15.9. The molecule has 2 N–H and O–H groups in total. The van der Waals surface area contributed by atoms with Crippen LogP contribution in [0.15, 0.2) is 48.5 Å². The molecule has 0 bridgehead atoms. The maximum absolute atomic E-state index is 11.9. The van der Waals surface area contributed by atoms with Crippen molar-refractivity contribution in [1.29, 1.82) is 5.26 Å². The lowest BCUT2D eigenvalue weighted by Crippen LogP contribution is -2.16. The Bertz CT molecular complexity index is 728. The summed E-state index contributed by atoms with van der Waals surface area (Å²) in [5, 5.41) is 14.6. The number of hydrogen-bond donors (Lipinski definition) is 2. The molecule has 0 aliphatic rings. The molecule has 2 aromatic carbocycles. The second kappa shape index (κ2) is 7.76. The summed E-state index contributed by atoms with van der Waals surface area (Å²) in [5.74, 6) is -0.115. The Morgan fingerprint density at radius 2 is 1.61 bits per heavy atom. The Hall–Kier alpha value is -3.13. The van der Waals surface area contributed by atoms with E-state index in [-0.39, 0.29) is 11.7 Å². The van der Waals surface area contributed by atoms with Crippen molar-refractivity contribution in [2.24, 2.45) is 0 Å². The van der Waals surface area contributed by atoms with E-state index in [1.807, 2.05) is 0 Å². The molecule has 0 aliphatic heterocycles. The van der Waals surface area contributed by atoms with Gasteiger partial charge in [-0.25, -0.2) is 0 Å². The van der Waals surface area contributed by atoms with Crippen molar-refractivity contribution in [2.45, 2.75) is 13.3 Å². The average Bonchev–Trinajstić information content (AvgIpc) is 2.56. The van der Waals surface area contributed by atoms with E-state index < -0.39 is 0 Å². The largest absolute Gasteiger partial charge is 0.385 e. The number of carbonyl (C=O) groups is 2. The first-order chi connectivity index (χ1) is 11.1. The minimum absolute atomic E-state index is 0.00510. The van der Waals surface area contributed by atoms with Crippen LogP contribution < -0.4 is 10.6 Å². The average molecular weight is 307 g/mol. The van der Waals surface area contributed by atoms with Crippen LogP contribution in [-0.4, -0.2) is 18.2 Å². The molecular weight excluding hydrogens is 290 g/mol. The van der Waals surface area contributed by atoms with E-state index in [1.54, 1.807) is 48.5 Å². The van der Waals surface area contributed by atoms with Crippen LogP contribution >= 0.6 is 0 Å². The van der Waals surface area contributed by atoms with Crippen molar-refractivity contribution in [3.63, 3.8) is 0 Å². The Labute approximate surface area is 134 Å². The zero-order valence-corrected chi connectivity index (χ0v) is 12.8. The molecule has 5 heteroatoms. The highest BCUT2D eigenvalue weighted by atomic mass is 16.1. The lowest BCUT2D eigenvalue weighted by Gasteiger charge is -2.08. The highest BCUT2D eigenvalue weighted by molar-refractivity contribution is 5.95. The van der Waals surface area contributed by atoms with E-state index >= 15 is 0 Å². The van der Waals surface area contributed by atoms with Crippen LogP contribution in [0.3, 0.4) is 0 Å². The van der Waals surface area contributed by atoms with Crippen LogP contribution in [0.2, 0.25) is 0 Å². The molecule has 0 fully saturated rings. The van der Waals surface area contributed by atoms with Crippen molar-refractivity contribution in [3.05, 3.63) is 59.7 Å². The number of rotatable bonds is 6. The molecule has 0 unspecified atom stereocenters. The van der Waals surface area contributed by atoms with Gasteiger partial charge in [-0.1, -0.05) is 0 Å². The Balaban J connectivity index is 1.78. The first-order valence-electron chi connectivity index (χ1n) is 7.23. The fourth-order valence-electron chi connectivity index (χ4n) is 1.99. The summed E-state index contributed by atoms with van der Waals surface area (Å²) in [7, 11) is 0. The van der Waals surface area contributed by atoms with Gasteiger partial charge in [-0.05, 0) is 55.5 Å². The molecular formula is C18H17N3O2. The minimum atomic E-state index is -0.110. The molecule has 2 rings (SSSR count). The number of benzene rings is 2. The van der Waals surface area contributed by atoms with Gasteiger partial charge in [0, 0.05) is 29.9 Å². The van der Waals surface area contributed by atoms with Crippen LogP contribution in [0.25, 0.3) is 0 Å².